The SMILES string of the molecule is Cc1nnc(NC(C)c2ncc[nH]2)c(C#N)c1C. The van der Waals surface area contributed by atoms with Crippen LogP contribution in [0, 0.1) is 25.2 Å². The van der Waals surface area contributed by atoms with Crippen LogP contribution in [-0.4, -0.2) is 20.2 Å². The number of hydrogen-bond acceptors (Lipinski definition) is 5. The van der Waals surface area contributed by atoms with Crippen LogP contribution in [0.25, 0.3) is 0 Å². The van der Waals surface area contributed by atoms with Gasteiger partial charge in [-0.2, -0.15) is 10.4 Å². The van der Waals surface area contributed by atoms with Crippen molar-refractivity contribution in [3.05, 3.63) is 35.0 Å². The number of aryl methyl sites for hydroxylation is 1. The lowest BCUT2D eigenvalue weighted by Crippen LogP contribution is -2.12. The van der Waals surface area contributed by atoms with Gasteiger partial charge in [0.2, 0.25) is 0 Å². The maximum absolute atomic E-state index is 9.19. The van der Waals surface area contributed by atoms with E-state index in [0.717, 1.165) is 17.1 Å². The summed E-state index contributed by atoms with van der Waals surface area (Å²) in [5.41, 5.74) is 2.14. The minimum absolute atomic E-state index is 0.0662. The second-order valence-corrected chi connectivity index (χ2v) is 4.09. The average Bonchev–Trinajstić information content (AvgIpc) is 2.88. The van der Waals surface area contributed by atoms with E-state index in [2.05, 4.69) is 31.6 Å². The summed E-state index contributed by atoms with van der Waals surface area (Å²) < 4.78 is 0. The minimum atomic E-state index is -0.0662. The molecule has 2 heterocycles. The fourth-order valence-electron chi connectivity index (χ4n) is 1.63. The lowest BCUT2D eigenvalue weighted by molar-refractivity contribution is 0.792. The monoisotopic (exact) mass is 242 g/mol. The second-order valence-electron chi connectivity index (χ2n) is 4.09. The molecule has 0 spiro atoms. The van der Waals surface area contributed by atoms with Crippen LogP contribution in [0.2, 0.25) is 0 Å². The van der Waals surface area contributed by atoms with E-state index in [1.807, 2.05) is 20.8 Å². The van der Waals surface area contributed by atoms with Gasteiger partial charge < -0.3 is 10.3 Å². The Morgan fingerprint density at radius 3 is 2.78 bits per heavy atom. The molecule has 6 heteroatoms. The highest BCUT2D eigenvalue weighted by Crippen LogP contribution is 2.21. The maximum Gasteiger partial charge on any atom is 0.167 e. The molecule has 0 radical (unpaired) electrons. The van der Waals surface area contributed by atoms with Gasteiger partial charge in [-0.15, -0.1) is 5.10 Å². The quantitative estimate of drug-likeness (QED) is 0.857. The zero-order chi connectivity index (χ0) is 13.1. The first-order valence-corrected chi connectivity index (χ1v) is 5.63. The van der Waals surface area contributed by atoms with Crippen molar-refractivity contribution in [2.45, 2.75) is 26.8 Å². The van der Waals surface area contributed by atoms with E-state index < -0.39 is 0 Å². The van der Waals surface area contributed by atoms with Gasteiger partial charge in [0.1, 0.15) is 17.5 Å². The summed E-state index contributed by atoms with van der Waals surface area (Å²) >= 11 is 0. The van der Waals surface area contributed by atoms with Gasteiger partial charge in [0.25, 0.3) is 0 Å². The fraction of sp³-hybridized carbons (Fsp3) is 0.333. The second kappa shape index (κ2) is 4.84. The molecule has 0 bridgehead atoms. The number of anilines is 1. The normalized spacial score (nSPS) is 11.9. The van der Waals surface area contributed by atoms with E-state index >= 15 is 0 Å². The molecule has 18 heavy (non-hydrogen) atoms. The summed E-state index contributed by atoms with van der Waals surface area (Å²) in [7, 11) is 0. The molecule has 2 N–H and O–H groups in total. The lowest BCUT2D eigenvalue weighted by Gasteiger charge is -2.14. The summed E-state index contributed by atoms with van der Waals surface area (Å²) in [5.74, 6) is 1.28. The number of H-pyrrole nitrogens is 1. The Morgan fingerprint density at radius 2 is 2.17 bits per heavy atom. The Bertz CT molecular complexity index is 581. The first-order chi connectivity index (χ1) is 8.63. The number of nitrogens with zero attached hydrogens (tertiary/aromatic N) is 4. The molecule has 0 saturated carbocycles. The minimum Gasteiger partial charge on any atom is -0.358 e. The van der Waals surface area contributed by atoms with Crippen LogP contribution in [0.4, 0.5) is 5.82 Å². The van der Waals surface area contributed by atoms with Gasteiger partial charge in [0, 0.05) is 12.4 Å². The van der Waals surface area contributed by atoms with Gasteiger partial charge in [-0.05, 0) is 26.3 Å². The predicted octanol–water partition coefficient (Wildman–Crippen LogP) is 1.86. The molecule has 1 unspecified atom stereocenters. The van der Waals surface area contributed by atoms with Crippen molar-refractivity contribution in [3.63, 3.8) is 0 Å². The van der Waals surface area contributed by atoms with Crippen LogP contribution in [-0.2, 0) is 0 Å². The van der Waals surface area contributed by atoms with Gasteiger partial charge in [-0.1, -0.05) is 0 Å². The van der Waals surface area contributed by atoms with Crippen molar-refractivity contribution < 1.29 is 0 Å². The zero-order valence-corrected chi connectivity index (χ0v) is 10.5. The molecule has 2 rings (SSSR count). The highest BCUT2D eigenvalue weighted by Gasteiger charge is 2.14. The highest BCUT2D eigenvalue weighted by atomic mass is 15.2. The van der Waals surface area contributed by atoms with Gasteiger partial charge in [0.05, 0.1) is 11.7 Å². The molecule has 0 saturated heterocycles. The third-order valence-corrected chi connectivity index (χ3v) is 2.85. The molecule has 0 amide bonds. The Balaban J connectivity index is 2.30. The number of hydrogen-bond donors (Lipinski definition) is 2. The van der Waals surface area contributed by atoms with Gasteiger partial charge in [-0.25, -0.2) is 4.98 Å². The van der Waals surface area contributed by atoms with E-state index in [4.69, 9.17) is 0 Å². The molecule has 2 aromatic heterocycles. The zero-order valence-electron chi connectivity index (χ0n) is 10.5. The number of aromatic nitrogens is 4. The average molecular weight is 242 g/mol. The van der Waals surface area contributed by atoms with Crippen LogP contribution < -0.4 is 5.32 Å². The molecule has 0 aliphatic rings. The van der Waals surface area contributed by atoms with Crippen LogP contribution in [0.5, 0.6) is 0 Å². The number of aromatic amines is 1. The largest absolute Gasteiger partial charge is 0.358 e. The molecule has 0 aliphatic carbocycles. The maximum atomic E-state index is 9.19. The van der Waals surface area contributed by atoms with Crippen molar-refractivity contribution in [1.29, 1.82) is 5.26 Å². The van der Waals surface area contributed by atoms with Crippen LogP contribution in [0.3, 0.4) is 0 Å². The van der Waals surface area contributed by atoms with Crippen LogP contribution in [0.15, 0.2) is 12.4 Å². The first-order valence-electron chi connectivity index (χ1n) is 5.63. The number of nitrogens with one attached hydrogen (secondary N) is 2. The fourth-order valence-corrected chi connectivity index (χ4v) is 1.63. The van der Waals surface area contributed by atoms with Crippen LogP contribution >= 0.6 is 0 Å². The Kier molecular flexibility index (Phi) is 3.24. The summed E-state index contributed by atoms with van der Waals surface area (Å²) in [6, 6.07) is 2.09. The third kappa shape index (κ3) is 2.15. The molecule has 0 aromatic carbocycles. The predicted molar refractivity (Wildman–Crippen MR) is 66.8 cm³/mol. The standard InChI is InChI=1S/C12H14N6/c1-7-8(2)17-18-12(10(7)6-13)16-9(3)11-14-4-5-15-11/h4-5,9H,1-3H3,(H,14,15)(H,16,18). The van der Waals surface area contributed by atoms with Gasteiger partial charge in [-0.3, -0.25) is 0 Å². The molecule has 92 valence electrons. The number of nitriles is 1. The van der Waals surface area contributed by atoms with E-state index in [9.17, 15) is 5.26 Å². The van der Waals surface area contributed by atoms with E-state index in [1.54, 1.807) is 12.4 Å². The Morgan fingerprint density at radius 1 is 1.39 bits per heavy atom. The molecular weight excluding hydrogens is 228 g/mol. The molecule has 6 nitrogen and oxygen atoms in total. The van der Waals surface area contributed by atoms with E-state index in [-0.39, 0.29) is 6.04 Å². The van der Waals surface area contributed by atoms with Crippen molar-refractivity contribution in [3.8, 4) is 6.07 Å². The molecular formula is C12H14N6. The van der Waals surface area contributed by atoms with E-state index in [0.29, 0.717) is 11.4 Å². The summed E-state index contributed by atoms with van der Waals surface area (Å²) in [4.78, 5) is 7.17. The topological polar surface area (TPSA) is 90.3 Å². The van der Waals surface area contributed by atoms with Crippen molar-refractivity contribution in [2.24, 2.45) is 0 Å². The summed E-state index contributed by atoms with van der Waals surface area (Å²) in [6.45, 7) is 5.64. The number of rotatable bonds is 3. The van der Waals surface area contributed by atoms with Crippen molar-refractivity contribution >= 4 is 5.82 Å². The summed E-state index contributed by atoms with van der Waals surface area (Å²) in [5, 5.41) is 20.4. The van der Waals surface area contributed by atoms with Crippen LogP contribution in [0.1, 0.15) is 35.6 Å². The number of imidazole rings is 1. The lowest BCUT2D eigenvalue weighted by atomic mass is 10.1. The first kappa shape index (κ1) is 12.0. The van der Waals surface area contributed by atoms with Gasteiger partial charge in [0.15, 0.2) is 5.82 Å². The third-order valence-electron chi connectivity index (χ3n) is 2.85. The molecule has 2 aromatic rings. The Labute approximate surface area is 105 Å². The molecule has 0 fully saturated rings. The smallest absolute Gasteiger partial charge is 0.167 e. The van der Waals surface area contributed by atoms with Gasteiger partial charge >= 0.3 is 0 Å². The van der Waals surface area contributed by atoms with Crippen molar-refractivity contribution in [2.75, 3.05) is 5.32 Å². The van der Waals surface area contributed by atoms with Crippen molar-refractivity contribution in [1.82, 2.24) is 20.2 Å². The highest BCUT2D eigenvalue weighted by molar-refractivity contribution is 5.56. The summed E-state index contributed by atoms with van der Waals surface area (Å²) in [6.07, 6.45) is 3.44. The van der Waals surface area contributed by atoms with E-state index in [1.165, 1.54) is 0 Å². The molecule has 0 aliphatic heterocycles. The molecule has 1 atom stereocenters. The Hall–Kier alpha value is -2.42.